The smallest absolute Gasteiger partial charge is 0.261 e. The fourth-order valence-electron chi connectivity index (χ4n) is 10.0. The molecule has 0 aliphatic heterocycles. The predicted molar refractivity (Wildman–Crippen MR) is 239 cm³/mol. The van der Waals surface area contributed by atoms with Crippen LogP contribution < -0.4 is 11.1 Å². The number of hydrogen-bond donors (Lipinski definition) is 2. The quantitative estimate of drug-likeness (QED) is 0.0410. The first kappa shape index (κ1) is 39.9. The highest BCUT2D eigenvalue weighted by molar-refractivity contribution is 6.39. The number of aromatic hydroxyl groups is 2. The number of benzene rings is 5. The van der Waals surface area contributed by atoms with Crippen molar-refractivity contribution in [3.63, 3.8) is 0 Å². The Morgan fingerprint density at radius 1 is 0.375 bits per heavy atom. The van der Waals surface area contributed by atoms with Gasteiger partial charge in [0, 0.05) is 44.4 Å². The Bertz CT molecular complexity index is 2310. The van der Waals surface area contributed by atoms with Gasteiger partial charge in [0.2, 0.25) is 11.8 Å². The molecule has 0 unspecified atom stereocenters. The summed E-state index contributed by atoms with van der Waals surface area (Å²) >= 11 is 0. The van der Waals surface area contributed by atoms with Crippen LogP contribution in [0.3, 0.4) is 0 Å². The first-order chi connectivity index (χ1) is 27.4. The van der Waals surface area contributed by atoms with E-state index in [1.54, 1.807) is 9.13 Å². The number of hydrogen-bond acceptors (Lipinski definition) is 4. The van der Waals surface area contributed by atoms with Crippen molar-refractivity contribution in [2.24, 2.45) is 0 Å². The molecule has 0 aliphatic carbocycles. The minimum Gasteiger partial charge on any atom is -0.494 e. The summed E-state index contributed by atoms with van der Waals surface area (Å²) in [5.74, 6) is 0.143. The maximum absolute atomic E-state index is 14.6. The summed E-state index contributed by atoms with van der Waals surface area (Å²) in [5, 5.41) is 34.3. The molecule has 0 saturated heterocycles. The van der Waals surface area contributed by atoms with Gasteiger partial charge in [0.25, 0.3) is 11.1 Å². The molecule has 7 aromatic rings. The lowest BCUT2D eigenvalue weighted by Gasteiger charge is -2.25. The molecule has 0 spiro atoms. The second-order valence-corrected chi connectivity index (χ2v) is 16.8. The Kier molecular flexibility index (Phi) is 12.7. The first-order valence-electron chi connectivity index (χ1n) is 22.4. The third-order valence-electron chi connectivity index (χ3n) is 13.0. The van der Waals surface area contributed by atoms with Crippen LogP contribution in [0.1, 0.15) is 168 Å². The zero-order valence-corrected chi connectivity index (χ0v) is 34.5. The van der Waals surface area contributed by atoms with E-state index in [4.69, 9.17) is 0 Å². The second-order valence-electron chi connectivity index (χ2n) is 16.8. The average molecular weight is 757 g/mol. The van der Waals surface area contributed by atoms with Crippen molar-refractivity contribution in [3.05, 3.63) is 69.2 Å². The molecule has 0 radical (unpaired) electrons. The Labute approximate surface area is 332 Å². The molecule has 6 nitrogen and oxygen atoms in total. The lowest BCUT2D eigenvalue weighted by Crippen LogP contribution is -2.26. The topological polar surface area (TPSA) is 84.5 Å². The van der Waals surface area contributed by atoms with Crippen molar-refractivity contribution < 1.29 is 10.2 Å². The molecular weight excluding hydrogens is 693 g/mol. The summed E-state index contributed by atoms with van der Waals surface area (Å²) in [7, 11) is 0. The van der Waals surface area contributed by atoms with Crippen LogP contribution in [0.2, 0.25) is 0 Å². The van der Waals surface area contributed by atoms with Gasteiger partial charge < -0.3 is 10.2 Å². The van der Waals surface area contributed by atoms with E-state index in [9.17, 15) is 19.8 Å². The van der Waals surface area contributed by atoms with Gasteiger partial charge in [-0.25, -0.2) is 0 Å². The Morgan fingerprint density at radius 2 is 0.625 bits per heavy atom. The van der Waals surface area contributed by atoms with Crippen LogP contribution in [0, 0.1) is 0 Å². The van der Waals surface area contributed by atoms with E-state index in [1.807, 2.05) is 24.3 Å². The zero-order chi connectivity index (χ0) is 39.3. The van der Waals surface area contributed by atoms with Crippen molar-refractivity contribution in [2.75, 3.05) is 0 Å². The Morgan fingerprint density at radius 3 is 0.911 bits per heavy atom. The normalized spacial score (nSPS) is 12.5. The highest BCUT2D eigenvalue weighted by Crippen LogP contribution is 2.47. The van der Waals surface area contributed by atoms with Crippen LogP contribution in [0.5, 0.6) is 11.8 Å². The number of unbranched alkanes of at least 4 members (excludes halogenated alkanes) is 12. The summed E-state index contributed by atoms with van der Waals surface area (Å²) in [5.41, 5.74) is -0.232. The van der Waals surface area contributed by atoms with E-state index in [2.05, 4.69) is 52.0 Å². The van der Waals surface area contributed by atoms with Crippen LogP contribution in [0.15, 0.2) is 58.1 Å². The van der Waals surface area contributed by atoms with Gasteiger partial charge in [-0.3, -0.25) is 18.7 Å². The molecule has 6 heteroatoms. The molecule has 298 valence electrons. The van der Waals surface area contributed by atoms with E-state index in [0.29, 0.717) is 21.5 Å². The van der Waals surface area contributed by atoms with Crippen LogP contribution >= 0.6 is 0 Å². The first-order valence-corrected chi connectivity index (χ1v) is 22.4. The molecule has 2 N–H and O–H groups in total. The van der Waals surface area contributed by atoms with Crippen LogP contribution in [0.4, 0.5) is 0 Å². The monoisotopic (exact) mass is 756 g/mol. The molecule has 2 heterocycles. The molecule has 2 aromatic heterocycles. The van der Waals surface area contributed by atoms with Gasteiger partial charge in [-0.05, 0) is 82.3 Å². The standard InChI is InChI=1S/C50H64N2O4/c1-5-9-13-17-21-33(22-18-14-10-6-2)51-47(53)39-29-25-35-37-27-31-41-46-42(32-28-38(44(37)46)36-26-30-40(48(51)54)45(39)43(35)36)50(56)52(49(41)55)34(23-19-15-11-7-3)24-20-16-12-8-4/h25-34,53,56H,5-24H2,1-4H3. The van der Waals surface area contributed by atoms with Crippen LogP contribution in [0.25, 0.3) is 64.6 Å². The molecule has 0 saturated carbocycles. The molecule has 5 aromatic carbocycles. The largest absolute Gasteiger partial charge is 0.494 e. The third kappa shape index (κ3) is 7.22. The molecule has 0 bridgehead atoms. The third-order valence-corrected chi connectivity index (χ3v) is 13.0. The SMILES string of the molecule is CCCCCCC(CCCCCC)n1c(O)c2ccc3c4ccc5c(=O)n(C(CCCCCC)CCCCCC)c(O)c6ccc(c7ccc(c1=O)c2c37)c4c65. The minimum atomic E-state index is -0.116. The number of rotatable bonds is 22. The highest BCUT2D eigenvalue weighted by Gasteiger charge is 2.27. The maximum Gasteiger partial charge on any atom is 0.261 e. The van der Waals surface area contributed by atoms with Gasteiger partial charge in [-0.15, -0.1) is 0 Å². The van der Waals surface area contributed by atoms with Gasteiger partial charge in [-0.2, -0.15) is 0 Å². The summed E-state index contributed by atoms with van der Waals surface area (Å²) < 4.78 is 3.44. The lowest BCUT2D eigenvalue weighted by molar-refractivity contribution is 0.334. The molecule has 0 atom stereocenters. The predicted octanol–water partition coefficient (Wildman–Crippen LogP) is 14.2. The lowest BCUT2D eigenvalue weighted by atomic mass is 9.86. The van der Waals surface area contributed by atoms with Gasteiger partial charge >= 0.3 is 0 Å². The van der Waals surface area contributed by atoms with E-state index < -0.39 is 0 Å². The second kappa shape index (κ2) is 17.9. The van der Waals surface area contributed by atoms with E-state index >= 15 is 0 Å². The Balaban J connectivity index is 1.39. The fourth-order valence-corrected chi connectivity index (χ4v) is 10.0. The summed E-state index contributed by atoms with van der Waals surface area (Å²) in [4.78, 5) is 29.1. The van der Waals surface area contributed by atoms with E-state index in [1.165, 1.54) is 25.7 Å². The Hall–Kier alpha value is -4.32. The highest BCUT2D eigenvalue weighted by atomic mass is 16.3. The molecular formula is C50H64N2O4. The van der Waals surface area contributed by atoms with Crippen molar-refractivity contribution in [3.8, 4) is 11.8 Å². The summed E-state index contributed by atoms with van der Waals surface area (Å²) in [6, 6.07) is 16.1. The molecule has 0 aliphatic rings. The summed E-state index contributed by atoms with van der Waals surface area (Å²) in [6.45, 7) is 8.87. The zero-order valence-electron chi connectivity index (χ0n) is 34.5. The average Bonchev–Trinajstić information content (AvgIpc) is 3.21. The number of aromatic nitrogens is 2. The molecule has 0 fully saturated rings. The van der Waals surface area contributed by atoms with Crippen LogP contribution in [-0.4, -0.2) is 19.3 Å². The van der Waals surface area contributed by atoms with Gasteiger partial charge in [0.05, 0.1) is 0 Å². The van der Waals surface area contributed by atoms with Crippen LogP contribution in [-0.2, 0) is 0 Å². The van der Waals surface area contributed by atoms with Gasteiger partial charge in [0.15, 0.2) is 0 Å². The number of nitrogens with zero attached hydrogens (tertiary/aromatic N) is 2. The minimum absolute atomic E-state index is 0.0446. The summed E-state index contributed by atoms with van der Waals surface area (Å²) in [6.07, 6.45) is 21.6. The molecule has 0 amide bonds. The van der Waals surface area contributed by atoms with Gasteiger partial charge in [-0.1, -0.05) is 155 Å². The van der Waals surface area contributed by atoms with E-state index in [-0.39, 0.29) is 35.0 Å². The van der Waals surface area contributed by atoms with E-state index in [0.717, 1.165) is 146 Å². The number of pyridine rings is 2. The van der Waals surface area contributed by atoms with Crippen molar-refractivity contribution in [2.45, 2.75) is 168 Å². The molecule has 56 heavy (non-hydrogen) atoms. The van der Waals surface area contributed by atoms with Crippen molar-refractivity contribution >= 4 is 64.6 Å². The molecule has 7 rings (SSSR count). The fraction of sp³-hybridized carbons (Fsp3) is 0.520. The van der Waals surface area contributed by atoms with Crippen molar-refractivity contribution in [1.82, 2.24) is 9.13 Å². The van der Waals surface area contributed by atoms with Crippen molar-refractivity contribution in [1.29, 1.82) is 0 Å². The maximum atomic E-state index is 14.6. The van der Waals surface area contributed by atoms with Gasteiger partial charge in [0.1, 0.15) is 0 Å². The number of fused-ring (bicyclic) bond motifs is 2.